The fourth-order valence-electron chi connectivity index (χ4n) is 3.09. The van der Waals surface area contributed by atoms with E-state index < -0.39 is 41.0 Å². The number of fused-ring (bicyclic) bond motifs is 1. The van der Waals surface area contributed by atoms with Crippen LogP contribution >= 0.6 is 0 Å². The molecule has 8 nitrogen and oxygen atoms in total. The molecule has 1 heterocycles. The zero-order valence-electron chi connectivity index (χ0n) is 18.0. The van der Waals surface area contributed by atoms with E-state index in [1.54, 1.807) is 20.8 Å². The Morgan fingerprint density at radius 3 is 2.12 bits per heavy atom. The van der Waals surface area contributed by atoms with Crippen LogP contribution in [-0.2, 0) is 9.59 Å². The molecule has 0 aliphatic carbocycles. The molecule has 0 radical (unpaired) electrons. The van der Waals surface area contributed by atoms with E-state index >= 15 is 0 Å². The summed E-state index contributed by atoms with van der Waals surface area (Å²) in [6.07, 6.45) is 0. The summed E-state index contributed by atoms with van der Waals surface area (Å²) in [7, 11) is 0. The van der Waals surface area contributed by atoms with Crippen LogP contribution in [0.2, 0.25) is 0 Å². The molecule has 0 spiro atoms. The molecular formula is C23H22FN3O5. The molecule has 0 fully saturated rings. The molecule has 5 amide bonds. The van der Waals surface area contributed by atoms with E-state index in [-0.39, 0.29) is 28.2 Å². The molecule has 166 valence electrons. The highest BCUT2D eigenvalue weighted by molar-refractivity contribution is 6.24. The number of amides is 5. The largest absolute Gasteiger partial charge is 0.336 e. The number of carbonyl (C=O) groups is 5. The van der Waals surface area contributed by atoms with Gasteiger partial charge < -0.3 is 5.32 Å². The van der Waals surface area contributed by atoms with E-state index in [2.05, 4.69) is 10.6 Å². The molecule has 32 heavy (non-hydrogen) atoms. The van der Waals surface area contributed by atoms with Crippen LogP contribution in [0.25, 0.3) is 0 Å². The maximum absolute atomic E-state index is 13.2. The van der Waals surface area contributed by atoms with Crippen molar-refractivity contribution in [3.63, 3.8) is 0 Å². The zero-order chi connectivity index (χ0) is 23.8. The average Bonchev–Trinajstić information content (AvgIpc) is 2.98. The minimum Gasteiger partial charge on any atom is -0.336 e. The van der Waals surface area contributed by atoms with Gasteiger partial charge in [-0.05, 0) is 49.4 Å². The van der Waals surface area contributed by atoms with Crippen molar-refractivity contribution in [3.8, 4) is 0 Å². The Balaban J connectivity index is 1.97. The summed E-state index contributed by atoms with van der Waals surface area (Å²) < 4.78 is 13.2. The molecule has 2 N–H and O–H groups in total. The van der Waals surface area contributed by atoms with Crippen LogP contribution in [0.15, 0.2) is 42.5 Å². The second kappa shape index (κ2) is 8.33. The molecule has 3 rings (SSSR count). The number of carbonyl (C=O) groups excluding carboxylic acids is 5. The lowest BCUT2D eigenvalue weighted by Crippen LogP contribution is -2.49. The van der Waals surface area contributed by atoms with Crippen molar-refractivity contribution in [1.82, 2.24) is 10.6 Å². The quantitative estimate of drug-likeness (QED) is 0.714. The van der Waals surface area contributed by atoms with Gasteiger partial charge in [0.2, 0.25) is 5.91 Å². The van der Waals surface area contributed by atoms with Gasteiger partial charge in [0, 0.05) is 22.1 Å². The monoisotopic (exact) mass is 439 g/mol. The lowest BCUT2D eigenvalue weighted by molar-refractivity contribution is -0.127. The normalized spacial score (nSPS) is 15.2. The summed E-state index contributed by atoms with van der Waals surface area (Å²) in [5.41, 5.74) is -0.115. The molecule has 1 aliphatic rings. The Labute approximate surface area is 183 Å². The maximum Gasteiger partial charge on any atom is 0.335 e. The summed E-state index contributed by atoms with van der Waals surface area (Å²) in [5, 5.41) is 4.71. The number of hydrogen-bond acceptors (Lipinski definition) is 5. The summed E-state index contributed by atoms with van der Waals surface area (Å²) >= 11 is 0. The van der Waals surface area contributed by atoms with E-state index in [4.69, 9.17) is 0 Å². The van der Waals surface area contributed by atoms with Crippen LogP contribution < -0.4 is 15.5 Å². The fraction of sp³-hybridized carbons (Fsp3) is 0.261. The van der Waals surface area contributed by atoms with Crippen molar-refractivity contribution in [1.29, 1.82) is 0 Å². The first kappa shape index (κ1) is 22.8. The number of rotatable bonds is 3. The Hall–Kier alpha value is -3.88. The van der Waals surface area contributed by atoms with Crippen LogP contribution in [0.3, 0.4) is 0 Å². The van der Waals surface area contributed by atoms with E-state index in [1.807, 2.05) is 0 Å². The second-order valence-corrected chi connectivity index (χ2v) is 8.43. The van der Waals surface area contributed by atoms with Gasteiger partial charge in [-0.3, -0.25) is 24.5 Å². The SMILES string of the molecule is CC(=O)c1ccc2c(c1)C(NC(=O)c1ccc(F)cc1)C(=O)N2C(=O)NC(=O)C(C)(C)C. The smallest absolute Gasteiger partial charge is 0.335 e. The molecule has 0 saturated heterocycles. The van der Waals surface area contributed by atoms with Gasteiger partial charge in [-0.15, -0.1) is 0 Å². The molecule has 2 aromatic rings. The summed E-state index contributed by atoms with van der Waals surface area (Å²) in [4.78, 5) is 63.4. The van der Waals surface area contributed by atoms with Gasteiger partial charge in [-0.1, -0.05) is 20.8 Å². The number of ketones is 1. The first-order chi connectivity index (χ1) is 14.9. The topological polar surface area (TPSA) is 113 Å². The van der Waals surface area contributed by atoms with E-state index in [1.165, 1.54) is 37.3 Å². The lowest BCUT2D eigenvalue weighted by atomic mass is 9.96. The summed E-state index contributed by atoms with van der Waals surface area (Å²) in [6.45, 7) is 6.18. The van der Waals surface area contributed by atoms with Gasteiger partial charge in [-0.2, -0.15) is 0 Å². The molecule has 1 aliphatic heterocycles. The van der Waals surface area contributed by atoms with Crippen molar-refractivity contribution in [2.24, 2.45) is 5.41 Å². The van der Waals surface area contributed by atoms with Crippen LogP contribution in [0, 0.1) is 11.2 Å². The van der Waals surface area contributed by atoms with Gasteiger partial charge in [0.1, 0.15) is 11.9 Å². The summed E-state index contributed by atoms with van der Waals surface area (Å²) in [6, 6.07) is 6.75. The third-order valence-corrected chi connectivity index (χ3v) is 4.94. The number of halogens is 1. The minimum absolute atomic E-state index is 0.106. The first-order valence-corrected chi connectivity index (χ1v) is 9.81. The Bertz CT molecular complexity index is 1140. The average molecular weight is 439 g/mol. The summed E-state index contributed by atoms with van der Waals surface area (Å²) in [5.74, 6) is -2.85. The van der Waals surface area contributed by atoms with Crippen molar-refractivity contribution in [3.05, 3.63) is 65.0 Å². The Kier molecular flexibility index (Phi) is 5.94. The van der Waals surface area contributed by atoms with Gasteiger partial charge in [0.15, 0.2) is 5.78 Å². The number of Topliss-reactive ketones (excluding diaryl/α,β-unsaturated/α-hetero) is 1. The van der Waals surface area contributed by atoms with Crippen molar-refractivity contribution >= 4 is 35.2 Å². The molecule has 2 aromatic carbocycles. The number of nitrogens with one attached hydrogen (secondary N) is 2. The highest BCUT2D eigenvalue weighted by Crippen LogP contribution is 2.37. The van der Waals surface area contributed by atoms with Gasteiger partial charge >= 0.3 is 6.03 Å². The number of imide groups is 2. The highest BCUT2D eigenvalue weighted by atomic mass is 19.1. The number of nitrogens with zero attached hydrogens (tertiary/aromatic N) is 1. The number of benzene rings is 2. The predicted octanol–water partition coefficient (Wildman–Crippen LogP) is 3.13. The van der Waals surface area contributed by atoms with Crippen LogP contribution in [-0.4, -0.2) is 29.5 Å². The van der Waals surface area contributed by atoms with Crippen LogP contribution in [0.5, 0.6) is 0 Å². The standard InChI is InChI=1S/C23H22FN3O5/c1-12(28)14-7-10-17-16(11-14)18(25-19(29)13-5-8-15(24)9-6-13)20(30)27(17)22(32)26-21(31)23(2,3)4/h5-11,18H,1-4H3,(H,25,29)(H,26,31,32). The van der Waals surface area contributed by atoms with Gasteiger partial charge in [0.05, 0.1) is 5.69 Å². The molecule has 9 heteroatoms. The third-order valence-electron chi connectivity index (χ3n) is 4.94. The first-order valence-electron chi connectivity index (χ1n) is 9.81. The Morgan fingerprint density at radius 2 is 1.56 bits per heavy atom. The Morgan fingerprint density at radius 1 is 0.969 bits per heavy atom. The van der Waals surface area contributed by atoms with Crippen molar-refractivity contribution in [2.45, 2.75) is 33.7 Å². The van der Waals surface area contributed by atoms with Crippen molar-refractivity contribution in [2.75, 3.05) is 4.90 Å². The highest BCUT2D eigenvalue weighted by Gasteiger charge is 2.43. The maximum atomic E-state index is 13.2. The third kappa shape index (κ3) is 4.41. The predicted molar refractivity (Wildman–Crippen MR) is 114 cm³/mol. The number of urea groups is 1. The number of anilines is 1. The molecule has 1 atom stereocenters. The second-order valence-electron chi connectivity index (χ2n) is 8.43. The molecule has 0 saturated carbocycles. The molecular weight excluding hydrogens is 417 g/mol. The molecule has 1 unspecified atom stereocenters. The molecule has 0 bridgehead atoms. The fourth-order valence-corrected chi connectivity index (χ4v) is 3.09. The van der Waals surface area contributed by atoms with Crippen LogP contribution in [0.4, 0.5) is 14.9 Å². The van der Waals surface area contributed by atoms with Crippen molar-refractivity contribution < 1.29 is 28.4 Å². The zero-order valence-corrected chi connectivity index (χ0v) is 18.0. The van der Waals surface area contributed by atoms with Crippen LogP contribution in [0.1, 0.15) is 60.0 Å². The van der Waals surface area contributed by atoms with E-state index in [0.29, 0.717) is 0 Å². The minimum atomic E-state index is -1.28. The number of hydrogen-bond donors (Lipinski definition) is 2. The van der Waals surface area contributed by atoms with Gasteiger partial charge in [0.25, 0.3) is 11.8 Å². The van der Waals surface area contributed by atoms with E-state index in [0.717, 1.165) is 17.0 Å². The lowest BCUT2D eigenvalue weighted by Gasteiger charge is -2.21. The van der Waals surface area contributed by atoms with Gasteiger partial charge in [-0.25, -0.2) is 14.1 Å². The van der Waals surface area contributed by atoms with E-state index in [9.17, 15) is 28.4 Å². The molecule has 0 aromatic heterocycles.